The Balaban J connectivity index is 1.99. The van der Waals surface area contributed by atoms with Crippen LogP contribution in [0.1, 0.15) is 50.4 Å². The molecule has 0 N–H and O–H groups in total. The van der Waals surface area contributed by atoms with Crippen LogP contribution in [-0.2, 0) is 0 Å². The Labute approximate surface area is 150 Å². The van der Waals surface area contributed by atoms with E-state index in [9.17, 15) is 9.59 Å². The number of rotatable bonds is 2. The molecule has 2 aromatic heterocycles. The Hall–Kier alpha value is -2.63. The summed E-state index contributed by atoms with van der Waals surface area (Å²) in [5.41, 5.74) is -0.141. The van der Waals surface area contributed by atoms with Crippen molar-refractivity contribution in [2.75, 3.05) is 7.11 Å². The van der Waals surface area contributed by atoms with E-state index in [1.807, 2.05) is 6.92 Å². The van der Waals surface area contributed by atoms with Crippen LogP contribution in [-0.4, -0.2) is 16.7 Å². The van der Waals surface area contributed by atoms with Crippen LogP contribution in [0.4, 0.5) is 0 Å². The topological polar surface area (TPSA) is 74.3 Å². The van der Waals surface area contributed by atoms with Gasteiger partial charge in [-0.25, -0.2) is 0 Å². The standard InChI is InChI=1S/C20H22N2O4/c1-12-21-19-17(20(24)22(12)13-7-5-3-4-6-8-13)18(23)15-10-9-14(25-2)11-16(15)26-19/h9-11,13H,3-8H2,1-2H3. The molecule has 0 amide bonds. The normalized spacial score (nSPS) is 16.1. The summed E-state index contributed by atoms with van der Waals surface area (Å²) in [6.45, 7) is 1.81. The van der Waals surface area contributed by atoms with E-state index < -0.39 is 0 Å². The predicted octanol–water partition coefficient (Wildman–Crippen LogP) is 3.72. The minimum atomic E-state index is -0.330. The molecule has 0 bridgehead atoms. The average Bonchev–Trinajstić information content (AvgIpc) is 2.90. The smallest absolute Gasteiger partial charge is 0.268 e. The van der Waals surface area contributed by atoms with Crippen molar-refractivity contribution in [2.45, 2.75) is 51.5 Å². The summed E-state index contributed by atoms with van der Waals surface area (Å²) >= 11 is 0. The Morgan fingerprint density at radius 1 is 1.15 bits per heavy atom. The van der Waals surface area contributed by atoms with Gasteiger partial charge in [0.05, 0.1) is 12.5 Å². The first-order chi connectivity index (χ1) is 12.6. The molecule has 4 rings (SSSR count). The zero-order valence-corrected chi connectivity index (χ0v) is 15.1. The molecule has 1 aromatic carbocycles. The lowest BCUT2D eigenvalue weighted by Crippen LogP contribution is -2.31. The number of ether oxygens (including phenoxy) is 1. The molecule has 26 heavy (non-hydrogen) atoms. The fraction of sp³-hybridized carbons (Fsp3) is 0.450. The molecule has 0 unspecified atom stereocenters. The first-order valence-electron chi connectivity index (χ1n) is 9.14. The van der Waals surface area contributed by atoms with Gasteiger partial charge in [0, 0.05) is 12.1 Å². The highest BCUT2D eigenvalue weighted by molar-refractivity contribution is 5.88. The van der Waals surface area contributed by atoms with Crippen molar-refractivity contribution in [1.82, 2.24) is 9.55 Å². The maximum absolute atomic E-state index is 13.2. The lowest BCUT2D eigenvalue weighted by molar-refractivity contribution is 0.414. The van der Waals surface area contributed by atoms with Gasteiger partial charge in [-0.05, 0) is 31.9 Å². The van der Waals surface area contributed by atoms with Crippen molar-refractivity contribution in [3.05, 3.63) is 44.6 Å². The fourth-order valence-corrected chi connectivity index (χ4v) is 3.97. The number of nitrogens with zero attached hydrogens (tertiary/aromatic N) is 2. The molecule has 0 saturated heterocycles. The zero-order chi connectivity index (χ0) is 18.3. The Morgan fingerprint density at radius 3 is 2.58 bits per heavy atom. The second-order valence-corrected chi connectivity index (χ2v) is 6.95. The molecule has 3 aromatic rings. The van der Waals surface area contributed by atoms with Crippen molar-refractivity contribution in [2.24, 2.45) is 0 Å². The van der Waals surface area contributed by atoms with Crippen LogP contribution < -0.4 is 15.7 Å². The highest BCUT2D eigenvalue weighted by atomic mass is 16.5. The van der Waals surface area contributed by atoms with Crippen molar-refractivity contribution < 1.29 is 9.15 Å². The third-order valence-corrected chi connectivity index (χ3v) is 5.32. The molecule has 6 nitrogen and oxygen atoms in total. The van der Waals surface area contributed by atoms with Gasteiger partial charge in [0.25, 0.3) is 5.56 Å². The van der Waals surface area contributed by atoms with Crippen molar-refractivity contribution >= 4 is 22.1 Å². The zero-order valence-electron chi connectivity index (χ0n) is 15.1. The second-order valence-electron chi connectivity index (χ2n) is 6.95. The van der Waals surface area contributed by atoms with E-state index in [1.165, 1.54) is 12.8 Å². The number of hydrogen-bond donors (Lipinski definition) is 0. The largest absolute Gasteiger partial charge is 0.497 e. The minimum Gasteiger partial charge on any atom is -0.497 e. The van der Waals surface area contributed by atoms with Gasteiger partial charge in [-0.15, -0.1) is 0 Å². The molecule has 0 radical (unpaired) electrons. The van der Waals surface area contributed by atoms with E-state index >= 15 is 0 Å². The summed E-state index contributed by atoms with van der Waals surface area (Å²) < 4.78 is 12.7. The summed E-state index contributed by atoms with van der Waals surface area (Å²) in [4.78, 5) is 30.6. The molecule has 0 spiro atoms. The lowest BCUT2D eigenvalue weighted by atomic mass is 10.1. The van der Waals surface area contributed by atoms with E-state index in [1.54, 1.807) is 29.9 Å². The maximum atomic E-state index is 13.2. The van der Waals surface area contributed by atoms with E-state index in [-0.39, 0.29) is 28.1 Å². The first-order valence-corrected chi connectivity index (χ1v) is 9.14. The van der Waals surface area contributed by atoms with E-state index in [2.05, 4.69) is 4.98 Å². The number of fused-ring (bicyclic) bond motifs is 2. The predicted molar refractivity (Wildman–Crippen MR) is 100 cm³/mol. The molecule has 0 atom stereocenters. The average molecular weight is 354 g/mol. The van der Waals surface area contributed by atoms with Crippen LogP contribution in [0.5, 0.6) is 5.75 Å². The second kappa shape index (κ2) is 6.59. The molecule has 6 heteroatoms. The highest BCUT2D eigenvalue weighted by Crippen LogP contribution is 2.27. The van der Waals surface area contributed by atoms with Gasteiger partial charge in [0.2, 0.25) is 11.1 Å². The summed E-state index contributed by atoms with van der Waals surface area (Å²) in [5, 5.41) is 0.408. The van der Waals surface area contributed by atoms with Crippen molar-refractivity contribution in [3.8, 4) is 5.75 Å². The molecule has 0 aliphatic heterocycles. The summed E-state index contributed by atoms with van der Waals surface area (Å²) in [7, 11) is 1.55. The number of hydrogen-bond acceptors (Lipinski definition) is 5. The number of aromatic nitrogens is 2. The Bertz CT molecular complexity index is 1090. The van der Waals surface area contributed by atoms with Crippen LogP contribution in [0, 0.1) is 6.92 Å². The summed E-state index contributed by atoms with van der Waals surface area (Å²) in [6, 6.07) is 5.07. The maximum Gasteiger partial charge on any atom is 0.268 e. The molecule has 1 saturated carbocycles. The Morgan fingerprint density at radius 2 is 1.88 bits per heavy atom. The van der Waals surface area contributed by atoms with E-state index in [0.29, 0.717) is 22.5 Å². The van der Waals surface area contributed by atoms with Gasteiger partial charge in [-0.3, -0.25) is 14.2 Å². The molecular formula is C20H22N2O4. The number of methoxy groups -OCH3 is 1. The minimum absolute atomic E-state index is 0.0394. The molecule has 1 fully saturated rings. The van der Waals surface area contributed by atoms with Crippen molar-refractivity contribution in [1.29, 1.82) is 0 Å². The SMILES string of the molecule is COc1ccc2c(=O)c3c(=O)n(C4CCCCCC4)c(C)nc3oc2c1. The van der Waals surface area contributed by atoms with Crippen LogP contribution >= 0.6 is 0 Å². The monoisotopic (exact) mass is 354 g/mol. The van der Waals surface area contributed by atoms with E-state index in [0.717, 1.165) is 25.7 Å². The molecule has 136 valence electrons. The Kier molecular flexibility index (Phi) is 4.26. The van der Waals surface area contributed by atoms with Gasteiger partial charge in [-0.1, -0.05) is 25.7 Å². The van der Waals surface area contributed by atoms with Gasteiger partial charge in [0.15, 0.2) is 5.39 Å². The number of benzene rings is 1. The first kappa shape index (κ1) is 16.8. The van der Waals surface area contributed by atoms with Gasteiger partial charge >= 0.3 is 0 Å². The van der Waals surface area contributed by atoms with Crippen LogP contribution in [0.2, 0.25) is 0 Å². The molecule has 2 heterocycles. The third-order valence-electron chi connectivity index (χ3n) is 5.32. The van der Waals surface area contributed by atoms with Crippen LogP contribution in [0.25, 0.3) is 22.1 Å². The number of aryl methyl sites for hydroxylation is 1. The quantitative estimate of drug-likeness (QED) is 0.518. The van der Waals surface area contributed by atoms with Gasteiger partial charge < -0.3 is 9.15 Å². The van der Waals surface area contributed by atoms with Crippen LogP contribution in [0.3, 0.4) is 0 Å². The lowest BCUT2D eigenvalue weighted by Gasteiger charge is -2.20. The fourth-order valence-electron chi connectivity index (χ4n) is 3.97. The van der Waals surface area contributed by atoms with Gasteiger partial charge in [0.1, 0.15) is 17.2 Å². The third kappa shape index (κ3) is 2.69. The summed E-state index contributed by atoms with van der Waals surface area (Å²) in [5.74, 6) is 1.18. The molecular weight excluding hydrogens is 332 g/mol. The van der Waals surface area contributed by atoms with Crippen LogP contribution in [0.15, 0.2) is 32.2 Å². The van der Waals surface area contributed by atoms with Crippen molar-refractivity contribution in [3.63, 3.8) is 0 Å². The molecule has 1 aliphatic carbocycles. The molecule has 1 aliphatic rings. The summed E-state index contributed by atoms with van der Waals surface area (Å²) in [6.07, 6.45) is 6.48. The highest BCUT2D eigenvalue weighted by Gasteiger charge is 2.22. The van der Waals surface area contributed by atoms with Gasteiger partial charge in [-0.2, -0.15) is 4.98 Å². The van der Waals surface area contributed by atoms with E-state index in [4.69, 9.17) is 9.15 Å².